The van der Waals surface area contributed by atoms with Crippen LogP contribution < -0.4 is 5.32 Å². The molecule has 1 aliphatic rings. The van der Waals surface area contributed by atoms with Gasteiger partial charge in [0.25, 0.3) is 0 Å². The first-order valence-electron chi connectivity index (χ1n) is 10.1. The van der Waals surface area contributed by atoms with E-state index in [1.54, 1.807) is 0 Å². The molecule has 25 heavy (non-hydrogen) atoms. The van der Waals surface area contributed by atoms with Crippen molar-refractivity contribution in [3.63, 3.8) is 0 Å². The molecule has 142 valence electrons. The van der Waals surface area contributed by atoms with Gasteiger partial charge in [-0.2, -0.15) is 0 Å². The van der Waals surface area contributed by atoms with Crippen molar-refractivity contribution in [2.75, 3.05) is 26.7 Å². The predicted octanol–water partition coefficient (Wildman–Crippen LogP) is 3.10. The monoisotopic (exact) mass is 348 g/mol. The lowest BCUT2D eigenvalue weighted by atomic mass is 9.89. The first kappa shape index (κ1) is 19.7. The van der Waals surface area contributed by atoms with E-state index in [2.05, 4.69) is 45.9 Å². The SMILES string of the molecule is CCCCN(C)C(=NCC1CCCCC1)NCCn1cnnc1CC. The van der Waals surface area contributed by atoms with E-state index in [0.717, 1.165) is 50.3 Å². The summed E-state index contributed by atoms with van der Waals surface area (Å²) in [7, 11) is 2.15. The van der Waals surface area contributed by atoms with Gasteiger partial charge < -0.3 is 14.8 Å². The second-order valence-corrected chi connectivity index (χ2v) is 7.16. The maximum absolute atomic E-state index is 4.95. The molecule has 1 aromatic heterocycles. The highest BCUT2D eigenvalue weighted by molar-refractivity contribution is 5.79. The summed E-state index contributed by atoms with van der Waals surface area (Å²) in [6.45, 7) is 8.10. The number of aromatic nitrogens is 3. The molecule has 0 bridgehead atoms. The molecule has 0 unspecified atom stereocenters. The maximum Gasteiger partial charge on any atom is 0.193 e. The molecule has 1 aromatic rings. The summed E-state index contributed by atoms with van der Waals surface area (Å²) in [5.41, 5.74) is 0. The Labute approximate surface area is 153 Å². The van der Waals surface area contributed by atoms with Crippen molar-refractivity contribution in [3.05, 3.63) is 12.2 Å². The quantitative estimate of drug-likeness (QED) is 0.550. The first-order chi connectivity index (χ1) is 12.2. The van der Waals surface area contributed by atoms with Gasteiger partial charge in [0.15, 0.2) is 5.96 Å². The Morgan fingerprint density at radius 3 is 2.84 bits per heavy atom. The highest BCUT2D eigenvalue weighted by Gasteiger charge is 2.14. The van der Waals surface area contributed by atoms with Gasteiger partial charge in [-0.1, -0.05) is 39.5 Å². The molecule has 1 aliphatic carbocycles. The number of aryl methyl sites for hydroxylation is 1. The van der Waals surface area contributed by atoms with Crippen LogP contribution in [0.4, 0.5) is 0 Å². The number of nitrogens with zero attached hydrogens (tertiary/aromatic N) is 5. The summed E-state index contributed by atoms with van der Waals surface area (Å²) in [5, 5.41) is 11.7. The number of hydrogen-bond acceptors (Lipinski definition) is 3. The molecular weight excluding hydrogens is 312 g/mol. The minimum atomic E-state index is 0.773. The van der Waals surface area contributed by atoms with Crippen LogP contribution in [0.1, 0.15) is 64.6 Å². The molecular formula is C19H36N6. The second kappa shape index (κ2) is 11.1. The van der Waals surface area contributed by atoms with Gasteiger partial charge in [0, 0.05) is 39.6 Å². The topological polar surface area (TPSA) is 58.3 Å². The third-order valence-electron chi connectivity index (χ3n) is 5.08. The average Bonchev–Trinajstić information content (AvgIpc) is 3.10. The van der Waals surface area contributed by atoms with Crippen LogP contribution in [-0.4, -0.2) is 52.3 Å². The van der Waals surface area contributed by atoms with E-state index < -0.39 is 0 Å². The Kier molecular flexibility index (Phi) is 8.77. The standard InChI is InChI=1S/C19H36N6/c1-4-6-13-24(3)19(21-15-17-10-8-7-9-11-17)20-12-14-25-16-22-23-18(25)5-2/h16-17H,4-15H2,1-3H3,(H,20,21). The number of aliphatic imine (C=N–C) groups is 1. The van der Waals surface area contributed by atoms with Crippen LogP contribution in [0, 0.1) is 5.92 Å². The molecule has 0 radical (unpaired) electrons. The van der Waals surface area contributed by atoms with Crippen LogP contribution in [-0.2, 0) is 13.0 Å². The van der Waals surface area contributed by atoms with Gasteiger partial charge in [0.2, 0.25) is 0 Å². The molecule has 0 spiro atoms. The van der Waals surface area contributed by atoms with E-state index >= 15 is 0 Å². The lowest BCUT2D eigenvalue weighted by Crippen LogP contribution is -2.41. The fourth-order valence-corrected chi connectivity index (χ4v) is 3.43. The zero-order valence-corrected chi connectivity index (χ0v) is 16.4. The minimum absolute atomic E-state index is 0.773. The summed E-state index contributed by atoms with van der Waals surface area (Å²) >= 11 is 0. The van der Waals surface area contributed by atoms with Crippen LogP contribution in [0.15, 0.2) is 11.3 Å². The zero-order valence-electron chi connectivity index (χ0n) is 16.4. The molecule has 2 rings (SSSR count). The third-order valence-corrected chi connectivity index (χ3v) is 5.08. The number of rotatable bonds is 9. The largest absolute Gasteiger partial charge is 0.354 e. The highest BCUT2D eigenvalue weighted by atomic mass is 15.3. The van der Waals surface area contributed by atoms with E-state index in [9.17, 15) is 0 Å². The van der Waals surface area contributed by atoms with Crippen molar-refractivity contribution >= 4 is 5.96 Å². The molecule has 1 fully saturated rings. The van der Waals surface area contributed by atoms with E-state index in [4.69, 9.17) is 4.99 Å². The zero-order chi connectivity index (χ0) is 17.9. The van der Waals surface area contributed by atoms with Crippen LogP contribution in [0.25, 0.3) is 0 Å². The molecule has 0 aliphatic heterocycles. The molecule has 0 aromatic carbocycles. The molecule has 0 saturated heterocycles. The van der Waals surface area contributed by atoms with Crippen molar-refractivity contribution < 1.29 is 0 Å². The molecule has 0 atom stereocenters. The smallest absolute Gasteiger partial charge is 0.193 e. The third kappa shape index (κ3) is 6.67. The van der Waals surface area contributed by atoms with E-state index in [1.165, 1.54) is 44.9 Å². The van der Waals surface area contributed by atoms with Crippen LogP contribution >= 0.6 is 0 Å². The van der Waals surface area contributed by atoms with E-state index in [1.807, 2.05) is 6.33 Å². The Hall–Kier alpha value is -1.59. The molecule has 6 nitrogen and oxygen atoms in total. The molecule has 0 amide bonds. The van der Waals surface area contributed by atoms with Gasteiger partial charge in [-0.25, -0.2) is 0 Å². The number of guanidine groups is 1. The molecule has 1 heterocycles. The predicted molar refractivity (Wildman–Crippen MR) is 104 cm³/mol. The summed E-state index contributed by atoms with van der Waals surface area (Å²) in [6, 6.07) is 0. The Morgan fingerprint density at radius 2 is 2.12 bits per heavy atom. The molecule has 6 heteroatoms. The van der Waals surface area contributed by atoms with Gasteiger partial charge in [-0.15, -0.1) is 10.2 Å². The van der Waals surface area contributed by atoms with E-state index in [-0.39, 0.29) is 0 Å². The Morgan fingerprint density at radius 1 is 1.32 bits per heavy atom. The fourth-order valence-electron chi connectivity index (χ4n) is 3.43. The lowest BCUT2D eigenvalue weighted by Gasteiger charge is -2.25. The number of nitrogens with one attached hydrogen (secondary N) is 1. The molecule has 1 saturated carbocycles. The van der Waals surface area contributed by atoms with Crippen LogP contribution in [0.5, 0.6) is 0 Å². The van der Waals surface area contributed by atoms with Gasteiger partial charge in [-0.3, -0.25) is 4.99 Å². The summed E-state index contributed by atoms with van der Waals surface area (Å²) < 4.78 is 2.12. The second-order valence-electron chi connectivity index (χ2n) is 7.16. The summed E-state index contributed by atoms with van der Waals surface area (Å²) in [5.74, 6) is 2.86. The Bertz CT molecular complexity index is 504. The minimum Gasteiger partial charge on any atom is -0.354 e. The lowest BCUT2D eigenvalue weighted by molar-refractivity contribution is 0.363. The van der Waals surface area contributed by atoms with Crippen molar-refractivity contribution in [2.45, 2.75) is 71.8 Å². The summed E-state index contributed by atoms with van der Waals surface area (Å²) in [4.78, 5) is 7.23. The van der Waals surface area contributed by atoms with Crippen molar-refractivity contribution in [1.29, 1.82) is 0 Å². The van der Waals surface area contributed by atoms with Gasteiger partial charge in [0.1, 0.15) is 12.2 Å². The first-order valence-corrected chi connectivity index (χ1v) is 10.1. The summed E-state index contributed by atoms with van der Waals surface area (Å²) in [6.07, 6.45) is 12.0. The Balaban J connectivity index is 1.88. The van der Waals surface area contributed by atoms with Crippen LogP contribution in [0.3, 0.4) is 0 Å². The maximum atomic E-state index is 4.95. The van der Waals surface area contributed by atoms with Gasteiger partial charge in [-0.05, 0) is 25.2 Å². The normalized spacial score (nSPS) is 16.2. The van der Waals surface area contributed by atoms with Crippen LogP contribution in [0.2, 0.25) is 0 Å². The van der Waals surface area contributed by atoms with Gasteiger partial charge >= 0.3 is 0 Å². The van der Waals surface area contributed by atoms with Crippen molar-refractivity contribution in [1.82, 2.24) is 25.0 Å². The van der Waals surface area contributed by atoms with Crippen molar-refractivity contribution in [3.8, 4) is 0 Å². The van der Waals surface area contributed by atoms with Crippen molar-refractivity contribution in [2.24, 2.45) is 10.9 Å². The highest BCUT2D eigenvalue weighted by Crippen LogP contribution is 2.23. The van der Waals surface area contributed by atoms with Gasteiger partial charge in [0.05, 0.1) is 0 Å². The van der Waals surface area contributed by atoms with E-state index in [0.29, 0.717) is 0 Å². The average molecular weight is 349 g/mol. The number of hydrogen-bond donors (Lipinski definition) is 1. The fraction of sp³-hybridized carbons (Fsp3) is 0.842. The number of unbranched alkanes of at least 4 members (excludes halogenated alkanes) is 1. The molecule has 1 N–H and O–H groups in total.